The highest BCUT2D eigenvalue weighted by Gasteiger charge is 2.17. The van der Waals surface area contributed by atoms with E-state index in [1.807, 2.05) is 0 Å². The smallest absolute Gasteiger partial charge is 0.303 e. The molecule has 0 fully saturated rings. The van der Waals surface area contributed by atoms with Crippen LogP contribution in [0.15, 0.2) is 0 Å². The van der Waals surface area contributed by atoms with Crippen LogP contribution >= 0.6 is 7.82 Å². The summed E-state index contributed by atoms with van der Waals surface area (Å²) in [5.41, 5.74) is 0. The van der Waals surface area contributed by atoms with E-state index in [2.05, 4.69) is 4.52 Å². The van der Waals surface area contributed by atoms with Crippen LogP contribution in [-0.4, -0.2) is 22.2 Å². The second-order valence-electron chi connectivity index (χ2n) is 2.30. The quantitative estimate of drug-likeness (QED) is 0.611. The molecule has 0 saturated carbocycles. The first kappa shape index (κ1) is 10.8. The van der Waals surface area contributed by atoms with Crippen LogP contribution in [0.5, 0.6) is 0 Å². The standard InChI is InChI=1S/C5H11O5P/c1-4(5(2)6)3-10-11(7,8)9/h4H,3H2,1-2H3,(H2,7,8,9). The predicted octanol–water partition coefficient (Wildman–Crippen LogP) is 0.321. The van der Waals surface area contributed by atoms with Gasteiger partial charge >= 0.3 is 7.82 Å². The Kier molecular flexibility index (Phi) is 3.89. The molecule has 5 nitrogen and oxygen atoms in total. The molecular formula is C5H11O5P. The van der Waals surface area contributed by atoms with Gasteiger partial charge in [0, 0.05) is 5.92 Å². The highest BCUT2D eigenvalue weighted by Crippen LogP contribution is 2.36. The molecule has 0 aromatic heterocycles. The lowest BCUT2D eigenvalue weighted by Gasteiger charge is -2.08. The van der Waals surface area contributed by atoms with Gasteiger partial charge in [-0.1, -0.05) is 6.92 Å². The molecule has 2 N–H and O–H groups in total. The fourth-order valence-corrected chi connectivity index (χ4v) is 0.744. The lowest BCUT2D eigenvalue weighted by molar-refractivity contribution is -0.121. The summed E-state index contributed by atoms with van der Waals surface area (Å²) >= 11 is 0. The van der Waals surface area contributed by atoms with Gasteiger partial charge in [0.05, 0.1) is 6.61 Å². The Morgan fingerprint density at radius 1 is 1.64 bits per heavy atom. The molecule has 11 heavy (non-hydrogen) atoms. The third kappa shape index (κ3) is 6.19. The van der Waals surface area contributed by atoms with Crippen molar-refractivity contribution in [2.75, 3.05) is 6.61 Å². The summed E-state index contributed by atoms with van der Waals surface area (Å²) in [5.74, 6) is -0.624. The van der Waals surface area contributed by atoms with E-state index in [9.17, 15) is 9.36 Å². The highest BCUT2D eigenvalue weighted by atomic mass is 31.2. The Hall–Kier alpha value is -0.220. The fourth-order valence-electron chi connectivity index (χ4n) is 0.326. The van der Waals surface area contributed by atoms with Gasteiger partial charge in [0.2, 0.25) is 0 Å². The maximum absolute atomic E-state index is 10.5. The van der Waals surface area contributed by atoms with E-state index in [1.165, 1.54) is 13.8 Å². The van der Waals surface area contributed by atoms with Gasteiger partial charge in [-0.05, 0) is 6.92 Å². The largest absolute Gasteiger partial charge is 0.469 e. The van der Waals surface area contributed by atoms with Crippen molar-refractivity contribution in [3.8, 4) is 0 Å². The van der Waals surface area contributed by atoms with Gasteiger partial charge in [-0.25, -0.2) is 4.57 Å². The van der Waals surface area contributed by atoms with Gasteiger partial charge in [0.1, 0.15) is 5.78 Å². The van der Waals surface area contributed by atoms with Crippen molar-refractivity contribution in [2.45, 2.75) is 13.8 Å². The second-order valence-corrected chi connectivity index (χ2v) is 3.54. The minimum atomic E-state index is -4.41. The molecule has 0 amide bonds. The molecule has 0 aliphatic heterocycles. The first-order chi connectivity index (χ1) is 4.83. The van der Waals surface area contributed by atoms with Gasteiger partial charge in [-0.2, -0.15) is 0 Å². The van der Waals surface area contributed by atoms with Gasteiger partial charge in [0.15, 0.2) is 0 Å². The fraction of sp³-hybridized carbons (Fsp3) is 0.800. The number of Topliss-reactive ketones (excluding diaryl/α,β-unsaturated/α-hetero) is 1. The predicted molar refractivity (Wildman–Crippen MR) is 37.8 cm³/mol. The Labute approximate surface area is 64.6 Å². The van der Waals surface area contributed by atoms with Crippen LogP contribution in [0, 0.1) is 5.92 Å². The molecule has 0 rings (SSSR count). The number of rotatable bonds is 4. The van der Waals surface area contributed by atoms with Crippen LogP contribution in [0.1, 0.15) is 13.8 Å². The monoisotopic (exact) mass is 182 g/mol. The molecular weight excluding hydrogens is 171 g/mol. The summed E-state index contributed by atoms with van der Waals surface area (Å²) in [6.07, 6.45) is 0. The maximum atomic E-state index is 10.5. The van der Waals surface area contributed by atoms with Crippen LogP contribution in [0.25, 0.3) is 0 Å². The van der Waals surface area contributed by atoms with E-state index in [0.29, 0.717) is 0 Å². The number of hydrogen-bond donors (Lipinski definition) is 2. The highest BCUT2D eigenvalue weighted by molar-refractivity contribution is 7.46. The summed E-state index contributed by atoms with van der Waals surface area (Å²) < 4.78 is 14.2. The Balaban J connectivity index is 3.72. The Morgan fingerprint density at radius 2 is 2.09 bits per heavy atom. The Morgan fingerprint density at radius 3 is 2.36 bits per heavy atom. The summed E-state index contributed by atoms with van der Waals surface area (Å²) in [5, 5.41) is 0. The van der Waals surface area contributed by atoms with E-state index in [0.717, 1.165) is 0 Å². The molecule has 0 aromatic carbocycles. The van der Waals surface area contributed by atoms with Crippen LogP contribution in [0.3, 0.4) is 0 Å². The SMILES string of the molecule is CC(=O)C(C)COP(=O)(O)O. The Bertz CT molecular complexity index is 183. The van der Waals surface area contributed by atoms with Crippen LogP contribution < -0.4 is 0 Å². The first-order valence-corrected chi connectivity index (χ1v) is 4.56. The normalized spacial score (nSPS) is 14.5. The minimum Gasteiger partial charge on any atom is -0.303 e. The zero-order valence-electron chi connectivity index (χ0n) is 6.35. The number of ketones is 1. The lowest BCUT2D eigenvalue weighted by atomic mass is 10.1. The number of carbonyl (C=O) groups is 1. The number of carbonyl (C=O) groups excluding carboxylic acids is 1. The van der Waals surface area contributed by atoms with Gasteiger partial charge in [-0.3, -0.25) is 9.32 Å². The van der Waals surface area contributed by atoms with E-state index >= 15 is 0 Å². The summed E-state index contributed by atoms with van der Waals surface area (Å²) in [7, 11) is -4.41. The van der Waals surface area contributed by atoms with Crippen molar-refractivity contribution < 1.29 is 23.7 Å². The molecule has 66 valence electrons. The van der Waals surface area contributed by atoms with Gasteiger partial charge in [0.25, 0.3) is 0 Å². The zero-order valence-corrected chi connectivity index (χ0v) is 7.25. The van der Waals surface area contributed by atoms with Crippen molar-refractivity contribution in [3.05, 3.63) is 0 Å². The number of hydrogen-bond acceptors (Lipinski definition) is 3. The zero-order chi connectivity index (χ0) is 9.07. The average Bonchev–Trinajstić information content (AvgIpc) is 1.80. The number of phosphoric ester groups is 1. The van der Waals surface area contributed by atoms with Gasteiger partial charge in [-0.15, -0.1) is 0 Å². The molecule has 0 aromatic rings. The number of phosphoric acid groups is 1. The van der Waals surface area contributed by atoms with E-state index in [-0.39, 0.29) is 12.4 Å². The molecule has 1 unspecified atom stereocenters. The van der Waals surface area contributed by atoms with Crippen molar-refractivity contribution in [2.24, 2.45) is 5.92 Å². The lowest BCUT2D eigenvalue weighted by Crippen LogP contribution is -2.12. The van der Waals surface area contributed by atoms with Crippen LogP contribution in [-0.2, 0) is 13.9 Å². The first-order valence-electron chi connectivity index (χ1n) is 3.03. The van der Waals surface area contributed by atoms with Crippen molar-refractivity contribution in [3.63, 3.8) is 0 Å². The third-order valence-electron chi connectivity index (χ3n) is 1.19. The van der Waals surface area contributed by atoms with Crippen LogP contribution in [0.4, 0.5) is 0 Å². The van der Waals surface area contributed by atoms with Crippen molar-refractivity contribution in [1.29, 1.82) is 0 Å². The molecule has 0 saturated heterocycles. The van der Waals surface area contributed by atoms with E-state index < -0.39 is 13.7 Å². The summed E-state index contributed by atoms with van der Waals surface area (Å²) in [4.78, 5) is 27.0. The summed E-state index contributed by atoms with van der Waals surface area (Å²) in [6, 6.07) is 0. The molecule has 0 bridgehead atoms. The molecule has 1 atom stereocenters. The van der Waals surface area contributed by atoms with E-state index in [1.54, 1.807) is 0 Å². The molecule has 0 radical (unpaired) electrons. The van der Waals surface area contributed by atoms with Crippen molar-refractivity contribution in [1.82, 2.24) is 0 Å². The topological polar surface area (TPSA) is 83.8 Å². The van der Waals surface area contributed by atoms with Gasteiger partial charge < -0.3 is 9.79 Å². The maximum Gasteiger partial charge on any atom is 0.469 e. The van der Waals surface area contributed by atoms with E-state index in [4.69, 9.17) is 9.79 Å². The molecule has 0 aliphatic carbocycles. The average molecular weight is 182 g/mol. The molecule has 0 heterocycles. The molecule has 6 heteroatoms. The third-order valence-corrected chi connectivity index (χ3v) is 1.67. The minimum absolute atomic E-state index is 0.154. The second kappa shape index (κ2) is 3.97. The molecule has 0 spiro atoms. The van der Waals surface area contributed by atoms with Crippen molar-refractivity contribution >= 4 is 13.6 Å². The molecule has 0 aliphatic rings. The van der Waals surface area contributed by atoms with Crippen LogP contribution in [0.2, 0.25) is 0 Å². The summed E-state index contributed by atoms with van der Waals surface area (Å²) in [6.45, 7) is 2.64.